The highest BCUT2D eigenvalue weighted by atomic mass is 16.5. The van der Waals surface area contributed by atoms with Crippen molar-refractivity contribution in [1.82, 2.24) is 14.7 Å². The van der Waals surface area contributed by atoms with Gasteiger partial charge in [0.1, 0.15) is 0 Å². The van der Waals surface area contributed by atoms with Crippen LogP contribution in [-0.4, -0.2) is 33.7 Å². The first-order chi connectivity index (χ1) is 12.7. The molecule has 2 aliphatic rings. The molecule has 1 aromatic heterocycles. The molecule has 0 unspecified atom stereocenters. The number of carbonyl (C=O) groups excluding carboxylic acids is 1. The summed E-state index contributed by atoms with van der Waals surface area (Å²) in [6.45, 7) is 2.06. The molecule has 3 heterocycles. The van der Waals surface area contributed by atoms with Crippen molar-refractivity contribution in [3.8, 4) is 0 Å². The third kappa shape index (κ3) is 2.20. The van der Waals surface area contributed by atoms with Gasteiger partial charge in [-0.05, 0) is 30.0 Å². The van der Waals surface area contributed by atoms with Gasteiger partial charge in [0.05, 0.1) is 17.7 Å². The van der Waals surface area contributed by atoms with Crippen LogP contribution >= 0.6 is 0 Å². The lowest BCUT2D eigenvalue weighted by Crippen LogP contribution is -2.45. The van der Waals surface area contributed by atoms with E-state index in [1.54, 1.807) is 4.68 Å². The van der Waals surface area contributed by atoms with Crippen LogP contribution in [0.5, 0.6) is 0 Å². The van der Waals surface area contributed by atoms with Gasteiger partial charge >= 0.3 is 0 Å². The zero-order chi connectivity index (χ0) is 17.7. The maximum atomic E-state index is 13.1. The molecule has 0 aliphatic carbocycles. The van der Waals surface area contributed by atoms with E-state index in [-0.39, 0.29) is 11.5 Å². The van der Waals surface area contributed by atoms with Gasteiger partial charge in [-0.15, -0.1) is 0 Å². The van der Waals surface area contributed by atoms with E-state index in [0.717, 1.165) is 23.7 Å². The quantitative estimate of drug-likeness (QED) is 0.679. The Morgan fingerprint density at radius 2 is 1.81 bits per heavy atom. The lowest BCUT2D eigenvalue weighted by atomic mass is 9.84. The summed E-state index contributed by atoms with van der Waals surface area (Å²) < 4.78 is 7.98. The summed E-state index contributed by atoms with van der Waals surface area (Å²) in [5.41, 5.74) is 3.89. The number of rotatable bonds is 1. The van der Waals surface area contributed by atoms with Crippen LogP contribution < -0.4 is 0 Å². The molecule has 5 rings (SSSR count). The van der Waals surface area contributed by atoms with E-state index in [4.69, 9.17) is 4.74 Å². The molecule has 0 bridgehead atoms. The number of fused-ring (bicyclic) bond motifs is 3. The van der Waals surface area contributed by atoms with E-state index in [9.17, 15) is 4.79 Å². The van der Waals surface area contributed by atoms with Crippen LogP contribution in [0.15, 0.2) is 48.5 Å². The van der Waals surface area contributed by atoms with E-state index in [1.165, 1.54) is 11.1 Å². The monoisotopic (exact) mass is 347 g/mol. The van der Waals surface area contributed by atoms with E-state index >= 15 is 0 Å². The second kappa shape index (κ2) is 5.68. The van der Waals surface area contributed by atoms with Crippen LogP contribution in [0.1, 0.15) is 34.5 Å². The van der Waals surface area contributed by atoms with Crippen LogP contribution in [0.4, 0.5) is 0 Å². The number of ether oxygens (including phenoxy) is 1. The Labute approximate surface area is 152 Å². The van der Waals surface area contributed by atoms with E-state index in [2.05, 4.69) is 29.4 Å². The molecule has 0 atom stereocenters. The molecule has 132 valence electrons. The smallest absolute Gasteiger partial charge is 0.275 e. The second-order valence-corrected chi connectivity index (χ2v) is 7.22. The first-order valence-electron chi connectivity index (χ1n) is 9.11. The first-order valence-corrected chi connectivity index (χ1v) is 9.11. The predicted octanol–water partition coefficient (Wildman–Crippen LogP) is 3.24. The van der Waals surface area contributed by atoms with Crippen LogP contribution in [0, 0.1) is 0 Å². The summed E-state index contributed by atoms with van der Waals surface area (Å²) in [6, 6.07) is 16.3. The highest BCUT2D eigenvalue weighted by Gasteiger charge is 2.43. The third-order valence-electron chi connectivity index (χ3n) is 5.83. The molecule has 5 nitrogen and oxygen atoms in total. The Kier molecular flexibility index (Phi) is 3.40. The Balaban J connectivity index is 1.40. The molecular formula is C21H21N3O2. The minimum Gasteiger partial charge on any atom is -0.365 e. The molecule has 3 aromatic rings. The predicted molar refractivity (Wildman–Crippen MR) is 98.8 cm³/mol. The van der Waals surface area contributed by atoms with Crippen molar-refractivity contribution in [3.63, 3.8) is 0 Å². The van der Waals surface area contributed by atoms with Crippen LogP contribution in [0.3, 0.4) is 0 Å². The number of aryl methyl sites for hydroxylation is 1. The summed E-state index contributed by atoms with van der Waals surface area (Å²) in [7, 11) is 1.88. The fourth-order valence-electron chi connectivity index (χ4n) is 4.39. The molecule has 0 N–H and O–H groups in total. The van der Waals surface area contributed by atoms with Gasteiger partial charge in [0.2, 0.25) is 0 Å². The average Bonchev–Trinajstić information content (AvgIpc) is 3.21. The SMILES string of the molecule is Cn1nc(C(=O)N2CCC3(CC2)OCc2ccccc23)c2ccccc21. The second-order valence-electron chi connectivity index (χ2n) is 7.22. The molecule has 26 heavy (non-hydrogen) atoms. The molecule has 0 saturated carbocycles. The number of aromatic nitrogens is 2. The molecule has 1 spiro atoms. The highest BCUT2D eigenvalue weighted by molar-refractivity contribution is 6.04. The van der Waals surface area contributed by atoms with Gasteiger partial charge < -0.3 is 9.64 Å². The topological polar surface area (TPSA) is 47.4 Å². The first kappa shape index (κ1) is 15.6. The Morgan fingerprint density at radius 1 is 1.08 bits per heavy atom. The van der Waals surface area contributed by atoms with Crippen LogP contribution in [0.2, 0.25) is 0 Å². The molecule has 2 aromatic carbocycles. The third-order valence-corrected chi connectivity index (χ3v) is 5.83. The standard InChI is InChI=1S/C21H21N3O2/c1-23-18-9-5-3-7-16(18)19(22-23)20(25)24-12-10-21(11-13-24)17-8-4-2-6-15(17)14-26-21/h2-9H,10-14H2,1H3. The zero-order valence-corrected chi connectivity index (χ0v) is 14.8. The van der Waals surface area contributed by atoms with Crippen molar-refractivity contribution in [3.05, 3.63) is 65.4 Å². The van der Waals surface area contributed by atoms with Crippen molar-refractivity contribution in [2.24, 2.45) is 7.05 Å². The summed E-state index contributed by atoms with van der Waals surface area (Å²) >= 11 is 0. The van der Waals surface area contributed by atoms with Gasteiger partial charge in [0.15, 0.2) is 5.69 Å². The summed E-state index contributed by atoms with van der Waals surface area (Å²) in [5.74, 6) is 0.0166. The lowest BCUT2D eigenvalue weighted by Gasteiger charge is -2.39. The number of piperidine rings is 1. The van der Waals surface area contributed by atoms with Crippen LogP contribution in [0.25, 0.3) is 10.9 Å². The molecule has 0 radical (unpaired) electrons. The van der Waals surface area contributed by atoms with Crippen molar-refractivity contribution in [2.45, 2.75) is 25.0 Å². The fourth-order valence-corrected chi connectivity index (χ4v) is 4.39. The lowest BCUT2D eigenvalue weighted by molar-refractivity contribution is -0.0742. The van der Waals surface area contributed by atoms with Gasteiger partial charge in [-0.1, -0.05) is 42.5 Å². The molecule has 1 amide bonds. The van der Waals surface area contributed by atoms with Gasteiger partial charge in [-0.2, -0.15) is 5.10 Å². The minimum absolute atomic E-state index is 0.0166. The van der Waals surface area contributed by atoms with Crippen molar-refractivity contribution >= 4 is 16.8 Å². The Hall–Kier alpha value is -2.66. The van der Waals surface area contributed by atoms with Gasteiger partial charge in [0.25, 0.3) is 5.91 Å². The summed E-state index contributed by atoms with van der Waals surface area (Å²) in [6.07, 6.45) is 1.67. The normalized spacial score (nSPS) is 18.4. The number of hydrogen-bond donors (Lipinski definition) is 0. The van der Waals surface area contributed by atoms with E-state index in [0.29, 0.717) is 25.4 Å². The van der Waals surface area contributed by atoms with Crippen molar-refractivity contribution < 1.29 is 9.53 Å². The highest BCUT2D eigenvalue weighted by Crippen LogP contribution is 2.44. The number of likely N-dealkylation sites (tertiary alicyclic amines) is 1. The number of para-hydroxylation sites is 1. The van der Waals surface area contributed by atoms with Crippen LogP contribution in [-0.2, 0) is 24.0 Å². The van der Waals surface area contributed by atoms with Gasteiger partial charge in [-0.25, -0.2) is 0 Å². The number of benzene rings is 2. The fraction of sp³-hybridized carbons (Fsp3) is 0.333. The molecular weight excluding hydrogens is 326 g/mol. The Bertz CT molecular complexity index is 999. The minimum atomic E-state index is -0.223. The van der Waals surface area contributed by atoms with Crippen molar-refractivity contribution in [2.75, 3.05) is 13.1 Å². The Morgan fingerprint density at radius 3 is 2.65 bits per heavy atom. The number of nitrogens with zero attached hydrogens (tertiary/aromatic N) is 3. The van der Waals surface area contributed by atoms with E-state index in [1.807, 2.05) is 36.2 Å². The van der Waals surface area contributed by atoms with Gasteiger partial charge in [0, 0.05) is 25.5 Å². The number of carbonyl (C=O) groups is 1. The number of hydrogen-bond acceptors (Lipinski definition) is 3. The average molecular weight is 347 g/mol. The molecule has 2 aliphatic heterocycles. The maximum Gasteiger partial charge on any atom is 0.275 e. The number of amides is 1. The molecule has 1 saturated heterocycles. The maximum absolute atomic E-state index is 13.1. The molecule has 1 fully saturated rings. The summed E-state index contributed by atoms with van der Waals surface area (Å²) in [4.78, 5) is 15.0. The zero-order valence-electron chi connectivity index (χ0n) is 14.8. The largest absolute Gasteiger partial charge is 0.365 e. The molecule has 5 heteroatoms. The summed E-state index contributed by atoms with van der Waals surface area (Å²) in [5, 5.41) is 5.40. The van der Waals surface area contributed by atoms with E-state index < -0.39 is 0 Å². The van der Waals surface area contributed by atoms with Crippen molar-refractivity contribution in [1.29, 1.82) is 0 Å². The van der Waals surface area contributed by atoms with Gasteiger partial charge in [-0.3, -0.25) is 9.48 Å².